The van der Waals surface area contributed by atoms with E-state index in [9.17, 15) is 13.6 Å². The van der Waals surface area contributed by atoms with Crippen LogP contribution in [0.25, 0.3) is 10.9 Å². The van der Waals surface area contributed by atoms with E-state index in [-0.39, 0.29) is 23.2 Å². The number of fused-ring (bicyclic) bond motifs is 1. The van der Waals surface area contributed by atoms with Gasteiger partial charge in [0.2, 0.25) is 0 Å². The summed E-state index contributed by atoms with van der Waals surface area (Å²) in [5, 5.41) is 3.14. The van der Waals surface area contributed by atoms with E-state index in [2.05, 4.69) is 29.3 Å². The molecule has 1 saturated carbocycles. The smallest absolute Gasteiger partial charge is 0.272 e. The van der Waals surface area contributed by atoms with Crippen molar-refractivity contribution in [3.05, 3.63) is 64.9 Å². The van der Waals surface area contributed by atoms with Gasteiger partial charge in [0.1, 0.15) is 17.3 Å². The number of nitrogens with zero attached hydrogens (tertiary/aromatic N) is 1. The van der Waals surface area contributed by atoms with Gasteiger partial charge in [-0.25, -0.2) is 8.78 Å². The second-order valence-corrected chi connectivity index (χ2v) is 8.53. The maximum absolute atomic E-state index is 14.3. The van der Waals surface area contributed by atoms with Gasteiger partial charge in [-0.3, -0.25) is 4.79 Å². The number of aromatic amines is 1. The van der Waals surface area contributed by atoms with Crippen LogP contribution in [0, 0.1) is 18.6 Å². The van der Waals surface area contributed by atoms with Crippen molar-refractivity contribution in [2.75, 3.05) is 19.4 Å². The molecule has 4 rings (SSSR count). The number of halogens is 2. The van der Waals surface area contributed by atoms with Gasteiger partial charge in [0.05, 0.1) is 5.52 Å². The molecule has 1 heterocycles. The first-order valence-electron chi connectivity index (χ1n) is 10.4. The lowest BCUT2D eigenvalue weighted by Crippen LogP contribution is -2.31. The number of rotatable bonds is 4. The molecule has 158 valence electrons. The third-order valence-corrected chi connectivity index (χ3v) is 6.27. The van der Waals surface area contributed by atoms with Gasteiger partial charge in [0.15, 0.2) is 0 Å². The van der Waals surface area contributed by atoms with E-state index < -0.39 is 5.91 Å². The van der Waals surface area contributed by atoms with Crippen LogP contribution in [-0.2, 0) is 0 Å². The van der Waals surface area contributed by atoms with Crippen molar-refractivity contribution < 1.29 is 13.6 Å². The van der Waals surface area contributed by atoms with E-state index in [1.54, 1.807) is 12.1 Å². The largest absolute Gasteiger partial charge is 0.350 e. The van der Waals surface area contributed by atoms with E-state index >= 15 is 0 Å². The molecule has 1 amide bonds. The van der Waals surface area contributed by atoms with Crippen LogP contribution in [0.3, 0.4) is 0 Å². The Hall–Kier alpha value is -2.73. The molecule has 0 unspecified atom stereocenters. The summed E-state index contributed by atoms with van der Waals surface area (Å²) >= 11 is 0. The number of anilines is 1. The third-order valence-electron chi connectivity index (χ3n) is 6.27. The zero-order valence-corrected chi connectivity index (χ0v) is 17.6. The molecule has 30 heavy (non-hydrogen) atoms. The lowest BCUT2D eigenvalue weighted by Gasteiger charge is -2.33. The molecule has 0 atom stereocenters. The zero-order chi connectivity index (χ0) is 21.4. The van der Waals surface area contributed by atoms with Crippen molar-refractivity contribution in [3.8, 4) is 0 Å². The number of amides is 1. The second-order valence-electron chi connectivity index (χ2n) is 8.53. The number of aryl methyl sites for hydroxylation is 1. The Bertz CT molecular complexity index is 1040. The normalized spacial score (nSPS) is 19.4. The molecule has 1 aliphatic carbocycles. The summed E-state index contributed by atoms with van der Waals surface area (Å²) in [6.07, 6.45) is 4.16. The van der Waals surface area contributed by atoms with Crippen LogP contribution >= 0.6 is 0 Å². The fourth-order valence-electron chi connectivity index (χ4n) is 4.49. The standard InChI is InChI=1S/C24H27F2N3O/c1-14-4-9-21(26)20-13-22(28-23(14)20)24(30)27-18-11-16(10-17(25)12-18)15-5-7-19(8-6-15)29(2)3/h4,9-13,15,19,28H,5-8H2,1-3H3,(H,27,30). The average molecular weight is 411 g/mol. The predicted octanol–water partition coefficient (Wildman–Crippen LogP) is 5.59. The van der Waals surface area contributed by atoms with Gasteiger partial charge >= 0.3 is 0 Å². The number of hydrogen-bond acceptors (Lipinski definition) is 2. The highest BCUT2D eigenvalue weighted by atomic mass is 19.1. The fourth-order valence-corrected chi connectivity index (χ4v) is 4.49. The molecule has 2 N–H and O–H groups in total. The quantitative estimate of drug-likeness (QED) is 0.588. The van der Waals surface area contributed by atoms with Crippen LogP contribution in [0.2, 0.25) is 0 Å². The fraction of sp³-hybridized carbons (Fsp3) is 0.375. The highest BCUT2D eigenvalue weighted by Crippen LogP contribution is 2.35. The third kappa shape index (κ3) is 4.10. The van der Waals surface area contributed by atoms with Crippen molar-refractivity contribution in [2.45, 2.75) is 44.6 Å². The summed E-state index contributed by atoms with van der Waals surface area (Å²) < 4.78 is 28.4. The minimum absolute atomic E-state index is 0.246. The number of benzene rings is 2. The summed E-state index contributed by atoms with van der Waals surface area (Å²) in [6, 6.07) is 9.86. The second kappa shape index (κ2) is 8.19. The minimum atomic E-state index is -0.419. The van der Waals surface area contributed by atoms with Gasteiger partial charge < -0.3 is 15.2 Å². The molecule has 0 aliphatic heterocycles. The predicted molar refractivity (Wildman–Crippen MR) is 116 cm³/mol. The van der Waals surface area contributed by atoms with Crippen molar-refractivity contribution >= 4 is 22.5 Å². The molecular formula is C24H27F2N3O. The Kier molecular flexibility index (Phi) is 5.60. The SMILES string of the molecule is Cc1ccc(F)c2cc(C(=O)Nc3cc(F)cc(C4CCC(N(C)C)CC4)c3)[nH]c12. The van der Waals surface area contributed by atoms with Crippen LogP contribution in [-0.4, -0.2) is 35.9 Å². The van der Waals surface area contributed by atoms with Crippen LogP contribution in [0.1, 0.15) is 53.2 Å². The highest BCUT2D eigenvalue weighted by molar-refractivity contribution is 6.06. The van der Waals surface area contributed by atoms with E-state index in [0.29, 0.717) is 22.6 Å². The first kappa shape index (κ1) is 20.5. The van der Waals surface area contributed by atoms with Crippen molar-refractivity contribution in [1.29, 1.82) is 0 Å². The van der Waals surface area contributed by atoms with Crippen LogP contribution < -0.4 is 5.32 Å². The zero-order valence-electron chi connectivity index (χ0n) is 17.6. The molecule has 1 aliphatic rings. The van der Waals surface area contributed by atoms with Crippen molar-refractivity contribution in [2.24, 2.45) is 0 Å². The van der Waals surface area contributed by atoms with Crippen LogP contribution in [0.5, 0.6) is 0 Å². The van der Waals surface area contributed by atoms with Crippen molar-refractivity contribution in [1.82, 2.24) is 9.88 Å². The molecule has 2 aromatic carbocycles. The van der Waals surface area contributed by atoms with Crippen molar-refractivity contribution in [3.63, 3.8) is 0 Å². The Labute approximate surface area is 175 Å². The lowest BCUT2D eigenvalue weighted by atomic mass is 9.81. The Morgan fingerprint density at radius 2 is 1.80 bits per heavy atom. The molecule has 3 aromatic rings. The number of nitrogens with one attached hydrogen (secondary N) is 2. The summed E-state index contributed by atoms with van der Waals surface area (Å²) in [5.74, 6) is -0.876. The molecular weight excluding hydrogens is 384 g/mol. The first-order chi connectivity index (χ1) is 14.3. The van der Waals surface area contributed by atoms with E-state index in [1.165, 1.54) is 18.2 Å². The summed E-state index contributed by atoms with van der Waals surface area (Å²) in [5.41, 5.74) is 3.03. The Morgan fingerprint density at radius 3 is 2.47 bits per heavy atom. The molecule has 0 radical (unpaired) electrons. The Morgan fingerprint density at radius 1 is 1.07 bits per heavy atom. The first-order valence-corrected chi connectivity index (χ1v) is 10.4. The van der Waals surface area contributed by atoms with E-state index in [4.69, 9.17) is 0 Å². The highest BCUT2D eigenvalue weighted by Gasteiger charge is 2.24. The minimum Gasteiger partial charge on any atom is -0.350 e. The average Bonchev–Trinajstić information content (AvgIpc) is 3.17. The summed E-state index contributed by atoms with van der Waals surface area (Å²) in [7, 11) is 4.19. The molecule has 4 nitrogen and oxygen atoms in total. The molecule has 6 heteroatoms. The van der Waals surface area contributed by atoms with Gasteiger partial charge in [0, 0.05) is 17.1 Å². The van der Waals surface area contributed by atoms with Gasteiger partial charge in [-0.05, 0) is 94.1 Å². The molecule has 0 saturated heterocycles. The summed E-state index contributed by atoms with van der Waals surface area (Å²) in [4.78, 5) is 18.0. The molecule has 1 fully saturated rings. The van der Waals surface area contributed by atoms with E-state index in [1.807, 2.05) is 13.0 Å². The topological polar surface area (TPSA) is 48.1 Å². The number of H-pyrrole nitrogens is 1. The number of hydrogen-bond donors (Lipinski definition) is 2. The van der Waals surface area contributed by atoms with Gasteiger partial charge in [-0.2, -0.15) is 0 Å². The van der Waals surface area contributed by atoms with Gasteiger partial charge in [-0.1, -0.05) is 6.07 Å². The monoisotopic (exact) mass is 411 g/mol. The lowest BCUT2D eigenvalue weighted by molar-refractivity contribution is 0.102. The van der Waals surface area contributed by atoms with E-state index in [0.717, 1.165) is 36.8 Å². The molecule has 0 spiro atoms. The maximum atomic E-state index is 14.3. The molecule has 1 aromatic heterocycles. The van der Waals surface area contributed by atoms with Crippen LogP contribution in [0.4, 0.5) is 14.5 Å². The maximum Gasteiger partial charge on any atom is 0.272 e. The number of carbonyl (C=O) groups is 1. The van der Waals surface area contributed by atoms with Gasteiger partial charge in [0.25, 0.3) is 5.91 Å². The van der Waals surface area contributed by atoms with Crippen LogP contribution in [0.15, 0.2) is 36.4 Å². The number of carbonyl (C=O) groups excluding carboxylic acids is 1. The molecule has 0 bridgehead atoms. The summed E-state index contributed by atoms with van der Waals surface area (Å²) in [6.45, 7) is 1.85. The Balaban J connectivity index is 1.53. The van der Waals surface area contributed by atoms with Gasteiger partial charge in [-0.15, -0.1) is 0 Å². The number of aromatic nitrogens is 1.